The molecule has 0 bridgehead atoms. The molecule has 0 amide bonds. The number of unbranched alkanes of at least 4 members (excludes halogenated alkanes) is 2. The van der Waals surface area contributed by atoms with Crippen LogP contribution in [-0.4, -0.2) is 39.9 Å². The van der Waals surface area contributed by atoms with Crippen LogP contribution in [0.4, 0.5) is 0 Å². The van der Waals surface area contributed by atoms with E-state index in [0.717, 1.165) is 45.2 Å². The standard InChI is InChI=1S/C10H19NO.C7H12O2/c12-10(6-2-3-7-10)11-8-4-1-5-9-11;1-2-3-4-5-6-7(8)9/h12H,1-9H2;5-6H,2-4H2,1H3,(H,8,9). The van der Waals surface area contributed by atoms with Gasteiger partial charge in [-0.25, -0.2) is 4.79 Å². The first-order valence-corrected chi connectivity index (χ1v) is 8.45. The second-order valence-corrected chi connectivity index (χ2v) is 6.12. The molecule has 21 heavy (non-hydrogen) atoms. The zero-order chi connectivity index (χ0) is 15.6. The lowest BCUT2D eigenvalue weighted by Crippen LogP contribution is -2.49. The maximum atomic E-state index is 10.2. The first-order valence-electron chi connectivity index (χ1n) is 8.45. The lowest BCUT2D eigenvalue weighted by Gasteiger charge is -2.39. The van der Waals surface area contributed by atoms with Crippen molar-refractivity contribution in [2.45, 2.75) is 76.9 Å². The molecule has 1 saturated heterocycles. The summed E-state index contributed by atoms with van der Waals surface area (Å²) in [5.74, 6) is -0.855. The van der Waals surface area contributed by atoms with Crippen LogP contribution in [0.1, 0.15) is 71.1 Å². The minimum absolute atomic E-state index is 0.402. The van der Waals surface area contributed by atoms with Crippen LogP contribution in [0.3, 0.4) is 0 Å². The molecule has 2 fully saturated rings. The van der Waals surface area contributed by atoms with Crippen LogP contribution in [0.15, 0.2) is 12.2 Å². The van der Waals surface area contributed by atoms with Crippen LogP contribution in [0.5, 0.6) is 0 Å². The highest BCUT2D eigenvalue weighted by molar-refractivity contribution is 5.79. The summed E-state index contributed by atoms with van der Waals surface area (Å²) in [7, 11) is 0. The van der Waals surface area contributed by atoms with Crippen LogP contribution >= 0.6 is 0 Å². The van der Waals surface area contributed by atoms with Crippen LogP contribution in [-0.2, 0) is 4.79 Å². The molecule has 4 nitrogen and oxygen atoms in total. The van der Waals surface area contributed by atoms with Crippen molar-refractivity contribution in [3.05, 3.63) is 12.2 Å². The number of carbonyl (C=O) groups is 1. The van der Waals surface area contributed by atoms with E-state index in [2.05, 4.69) is 11.8 Å². The molecule has 1 saturated carbocycles. The maximum Gasteiger partial charge on any atom is 0.327 e. The molecule has 1 aliphatic carbocycles. The van der Waals surface area contributed by atoms with Gasteiger partial charge in [0.25, 0.3) is 0 Å². The normalized spacial score (nSPS) is 22.0. The summed E-state index contributed by atoms with van der Waals surface area (Å²) < 4.78 is 0. The zero-order valence-corrected chi connectivity index (χ0v) is 13.4. The number of likely N-dealkylation sites (tertiary alicyclic amines) is 1. The van der Waals surface area contributed by atoms with E-state index < -0.39 is 11.7 Å². The third-order valence-electron chi connectivity index (χ3n) is 4.33. The zero-order valence-electron chi connectivity index (χ0n) is 13.4. The first-order chi connectivity index (χ1) is 10.1. The number of aliphatic hydroxyl groups is 1. The quantitative estimate of drug-likeness (QED) is 0.602. The third-order valence-corrected chi connectivity index (χ3v) is 4.33. The fraction of sp³-hybridized carbons (Fsp3) is 0.824. The third kappa shape index (κ3) is 7.09. The minimum atomic E-state index is -0.855. The van der Waals surface area contributed by atoms with Crippen LogP contribution < -0.4 is 0 Å². The lowest BCUT2D eigenvalue weighted by atomic mass is 10.0. The van der Waals surface area contributed by atoms with E-state index in [1.165, 1.54) is 38.2 Å². The Labute approximate surface area is 128 Å². The molecule has 1 heterocycles. The summed E-state index contributed by atoms with van der Waals surface area (Å²) >= 11 is 0. The molecule has 0 aromatic heterocycles. The monoisotopic (exact) mass is 297 g/mol. The Hall–Kier alpha value is -0.870. The highest BCUT2D eigenvalue weighted by Crippen LogP contribution is 2.34. The van der Waals surface area contributed by atoms with Crippen molar-refractivity contribution in [2.75, 3.05) is 13.1 Å². The van der Waals surface area contributed by atoms with Crippen LogP contribution in [0.2, 0.25) is 0 Å². The molecule has 122 valence electrons. The van der Waals surface area contributed by atoms with Crippen molar-refractivity contribution in [2.24, 2.45) is 0 Å². The molecule has 0 aromatic rings. The largest absolute Gasteiger partial charge is 0.478 e. The highest BCUT2D eigenvalue weighted by atomic mass is 16.4. The Morgan fingerprint density at radius 3 is 2.29 bits per heavy atom. The molecule has 0 spiro atoms. The molecule has 0 atom stereocenters. The average molecular weight is 297 g/mol. The van der Waals surface area contributed by atoms with Gasteiger partial charge in [0.15, 0.2) is 0 Å². The smallest absolute Gasteiger partial charge is 0.327 e. The van der Waals surface area contributed by atoms with Crippen molar-refractivity contribution >= 4 is 5.97 Å². The number of nitrogens with zero attached hydrogens (tertiary/aromatic N) is 1. The van der Waals surface area contributed by atoms with E-state index in [0.29, 0.717) is 0 Å². The van der Waals surface area contributed by atoms with Gasteiger partial charge in [-0.15, -0.1) is 0 Å². The van der Waals surface area contributed by atoms with Gasteiger partial charge in [0.05, 0.1) is 0 Å². The lowest BCUT2D eigenvalue weighted by molar-refractivity contribution is -0.131. The number of aliphatic carboxylic acids is 1. The van der Waals surface area contributed by atoms with Gasteiger partial charge in [0, 0.05) is 19.2 Å². The molecular formula is C17H31NO3. The van der Waals surface area contributed by atoms with E-state index in [-0.39, 0.29) is 0 Å². The number of allylic oxidation sites excluding steroid dienone is 1. The number of carboxylic acid groups (broad SMARTS) is 1. The molecule has 0 radical (unpaired) electrons. The van der Waals surface area contributed by atoms with Crippen molar-refractivity contribution in [1.82, 2.24) is 4.90 Å². The summed E-state index contributed by atoms with van der Waals surface area (Å²) in [6.07, 6.45) is 14.3. The summed E-state index contributed by atoms with van der Waals surface area (Å²) in [5, 5.41) is 18.4. The average Bonchev–Trinajstić information content (AvgIpc) is 2.93. The predicted octanol–water partition coefficient (Wildman–Crippen LogP) is 3.55. The molecule has 2 N–H and O–H groups in total. The summed E-state index contributed by atoms with van der Waals surface area (Å²) in [4.78, 5) is 12.2. The van der Waals surface area contributed by atoms with Crippen molar-refractivity contribution in [1.29, 1.82) is 0 Å². The molecular weight excluding hydrogens is 266 g/mol. The first kappa shape index (κ1) is 18.2. The number of rotatable bonds is 5. The van der Waals surface area contributed by atoms with Gasteiger partial charge in [-0.1, -0.05) is 32.3 Å². The fourth-order valence-electron chi connectivity index (χ4n) is 3.07. The second kappa shape index (κ2) is 9.96. The van der Waals surface area contributed by atoms with E-state index in [1.54, 1.807) is 6.08 Å². The number of piperidine rings is 1. The Balaban J connectivity index is 0.000000222. The Morgan fingerprint density at radius 2 is 1.76 bits per heavy atom. The molecule has 0 aromatic carbocycles. The van der Waals surface area contributed by atoms with Crippen molar-refractivity contribution < 1.29 is 15.0 Å². The SMILES string of the molecule is CCCCC=CC(=O)O.OC1(N2CCCCC2)CCCC1. The van der Waals surface area contributed by atoms with E-state index in [1.807, 2.05) is 0 Å². The molecule has 4 heteroatoms. The van der Waals surface area contributed by atoms with E-state index in [4.69, 9.17) is 5.11 Å². The van der Waals surface area contributed by atoms with Gasteiger partial charge < -0.3 is 10.2 Å². The van der Waals surface area contributed by atoms with Gasteiger partial charge in [-0.3, -0.25) is 4.90 Å². The van der Waals surface area contributed by atoms with E-state index >= 15 is 0 Å². The van der Waals surface area contributed by atoms with Crippen LogP contribution in [0, 0.1) is 0 Å². The van der Waals surface area contributed by atoms with E-state index in [9.17, 15) is 9.90 Å². The second-order valence-electron chi connectivity index (χ2n) is 6.12. The van der Waals surface area contributed by atoms with Crippen LogP contribution in [0.25, 0.3) is 0 Å². The summed E-state index contributed by atoms with van der Waals surface area (Å²) in [6, 6.07) is 0. The Kier molecular flexibility index (Phi) is 8.62. The van der Waals surface area contributed by atoms with Gasteiger partial charge in [0.1, 0.15) is 5.72 Å². The molecule has 2 rings (SSSR count). The Morgan fingerprint density at radius 1 is 1.14 bits per heavy atom. The minimum Gasteiger partial charge on any atom is -0.478 e. The fourth-order valence-corrected chi connectivity index (χ4v) is 3.07. The predicted molar refractivity (Wildman–Crippen MR) is 85.1 cm³/mol. The molecule has 2 aliphatic rings. The maximum absolute atomic E-state index is 10.2. The summed E-state index contributed by atoms with van der Waals surface area (Å²) in [6.45, 7) is 4.32. The van der Waals surface area contributed by atoms with Gasteiger partial charge in [0.2, 0.25) is 0 Å². The molecule has 1 aliphatic heterocycles. The highest BCUT2D eigenvalue weighted by Gasteiger charge is 2.37. The Bertz CT molecular complexity index is 316. The van der Waals surface area contributed by atoms with Gasteiger partial charge in [-0.2, -0.15) is 0 Å². The topological polar surface area (TPSA) is 60.8 Å². The van der Waals surface area contributed by atoms with Crippen molar-refractivity contribution in [3.8, 4) is 0 Å². The van der Waals surface area contributed by atoms with Gasteiger partial charge >= 0.3 is 5.97 Å². The summed E-state index contributed by atoms with van der Waals surface area (Å²) in [5.41, 5.74) is -0.402. The van der Waals surface area contributed by atoms with Crippen molar-refractivity contribution in [3.63, 3.8) is 0 Å². The number of hydrogen-bond acceptors (Lipinski definition) is 3. The molecule has 0 unspecified atom stereocenters. The number of hydrogen-bond donors (Lipinski definition) is 2. The number of carboxylic acids is 1. The van der Waals surface area contributed by atoms with Gasteiger partial charge in [-0.05, 0) is 44.9 Å².